The van der Waals surface area contributed by atoms with Crippen LogP contribution >= 0.6 is 0 Å². The van der Waals surface area contributed by atoms with Crippen LogP contribution in [0.25, 0.3) is 0 Å². The van der Waals surface area contributed by atoms with Crippen LogP contribution in [-0.4, -0.2) is 32.8 Å². The molecule has 0 fully saturated rings. The summed E-state index contributed by atoms with van der Waals surface area (Å²) in [6, 6.07) is 1.15. The molecule has 0 aliphatic rings. The van der Waals surface area contributed by atoms with Gasteiger partial charge in [-0.05, 0) is 26.3 Å². The molecule has 0 aliphatic heterocycles. The van der Waals surface area contributed by atoms with Gasteiger partial charge in [0.1, 0.15) is 6.04 Å². The monoisotopic (exact) mass is 267 g/mol. The fourth-order valence-corrected chi connectivity index (χ4v) is 1.92. The standard InChI is InChI=1S/C13H21N3O3/c1-4-5-11(13(18)19)14-12(17)6-7-16-10(3)8-9(2)15-16/h8,11H,4-7H2,1-3H3,(H,14,17)(H,18,19)/t11-/m1/s1. The molecule has 0 saturated carbocycles. The number of aromatic nitrogens is 2. The molecule has 2 N–H and O–H groups in total. The van der Waals surface area contributed by atoms with Crippen LogP contribution in [0, 0.1) is 13.8 Å². The molecule has 0 radical (unpaired) electrons. The van der Waals surface area contributed by atoms with Crippen molar-refractivity contribution in [1.29, 1.82) is 0 Å². The van der Waals surface area contributed by atoms with Crippen LogP contribution in [0.4, 0.5) is 0 Å². The van der Waals surface area contributed by atoms with Gasteiger partial charge in [0.2, 0.25) is 5.91 Å². The molecule has 1 heterocycles. The Labute approximate surface area is 112 Å². The van der Waals surface area contributed by atoms with Crippen LogP contribution in [0.15, 0.2) is 6.07 Å². The molecule has 19 heavy (non-hydrogen) atoms. The van der Waals surface area contributed by atoms with E-state index in [2.05, 4.69) is 10.4 Å². The second-order valence-corrected chi connectivity index (χ2v) is 4.65. The van der Waals surface area contributed by atoms with Crippen LogP contribution < -0.4 is 5.32 Å². The molecule has 1 amide bonds. The molecule has 1 aromatic heterocycles. The maximum Gasteiger partial charge on any atom is 0.326 e. The predicted octanol–water partition coefficient (Wildman–Crippen LogP) is 1.26. The van der Waals surface area contributed by atoms with Crippen molar-refractivity contribution >= 4 is 11.9 Å². The number of hydrogen-bond acceptors (Lipinski definition) is 3. The molecular weight excluding hydrogens is 246 g/mol. The van der Waals surface area contributed by atoms with Gasteiger partial charge in [0.15, 0.2) is 0 Å². The molecule has 0 aromatic carbocycles. The van der Waals surface area contributed by atoms with Crippen molar-refractivity contribution < 1.29 is 14.7 Å². The summed E-state index contributed by atoms with van der Waals surface area (Å²) >= 11 is 0. The molecule has 106 valence electrons. The third-order valence-corrected chi connectivity index (χ3v) is 2.86. The minimum atomic E-state index is -0.985. The lowest BCUT2D eigenvalue weighted by molar-refractivity contribution is -0.142. The average molecular weight is 267 g/mol. The van der Waals surface area contributed by atoms with E-state index in [-0.39, 0.29) is 12.3 Å². The number of rotatable bonds is 7. The zero-order chi connectivity index (χ0) is 14.4. The first-order chi connectivity index (χ1) is 8.93. The summed E-state index contributed by atoms with van der Waals surface area (Å²) in [6.45, 7) is 6.17. The van der Waals surface area contributed by atoms with Gasteiger partial charge in [0.25, 0.3) is 0 Å². The molecule has 0 bridgehead atoms. The molecular formula is C13H21N3O3. The van der Waals surface area contributed by atoms with E-state index in [9.17, 15) is 9.59 Å². The fraction of sp³-hybridized carbons (Fsp3) is 0.615. The Bertz CT molecular complexity index is 454. The lowest BCUT2D eigenvalue weighted by atomic mass is 10.1. The van der Waals surface area contributed by atoms with Crippen molar-refractivity contribution in [2.24, 2.45) is 0 Å². The summed E-state index contributed by atoms with van der Waals surface area (Å²) in [4.78, 5) is 22.6. The Hall–Kier alpha value is -1.85. The lowest BCUT2D eigenvalue weighted by Crippen LogP contribution is -2.40. The number of amides is 1. The van der Waals surface area contributed by atoms with Crippen LogP contribution in [0.2, 0.25) is 0 Å². The normalized spacial score (nSPS) is 12.2. The molecule has 1 atom stereocenters. The Morgan fingerprint density at radius 2 is 2.16 bits per heavy atom. The van der Waals surface area contributed by atoms with Crippen molar-refractivity contribution in [3.63, 3.8) is 0 Å². The van der Waals surface area contributed by atoms with Crippen molar-refractivity contribution in [3.05, 3.63) is 17.5 Å². The van der Waals surface area contributed by atoms with E-state index in [4.69, 9.17) is 5.11 Å². The molecule has 1 aromatic rings. The van der Waals surface area contributed by atoms with E-state index in [0.29, 0.717) is 19.4 Å². The quantitative estimate of drug-likeness (QED) is 0.779. The van der Waals surface area contributed by atoms with Gasteiger partial charge in [-0.1, -0.05) is 13.3 Å². The largest absolute Gasteiger partial charge is 0.480 e. The maximum absolute atomic E-state index is 11.7. The van der Waals surface area contributed by atoms with Gasteiger partial charge in [-0.2, -0.15) is 5.10 Å². The molecule has 0 saturated heterocycles. The Kier molecular flexibility index (Phi) is 5.54. The molecule has 1 rings (SSSR count). The molecule has 0 unspecified atom stereocenters. The van der Waals surface area contributed by atoms with Crippen LogP contribution in [0.1, 0.15) is 37.6 Å². The van der Waals surface area contributed by atoms with Crippen molar-refractivity contribution in [2.75, 3.05) is 0 Å². The van der Waals surface area contributed by atoms with E-state index in [1.807, 2.05) is 26.8 Å². The first-order valence-electron chi connectivity index (χ1n) is 6.47. The smallest absolute Gasteiger partial charge is 0.326 e. The maximum atomic E-state index is 11.7. The van der Waals surface area contributed by atoms with E-state index >= 15 is 0 Å². The lowest BCUT2D eigenvalue weighted by Gasteiger charge is -2.13. The minimum Gasteiger partial charge on any atom is -0.480 e. The van der Waals surface area contributed by atoms with Crippen LogP contribution in [-0.2, 0) is 16.1 Å². The van der Waals surface area contributed by atoms with E-state index in [0.717, 1.165) is 11.4 Å². The zero-order valence-corrected chi connectivity index (χ0v) is 11.6. The first kappa shape index (κ1) is 15.2. The van der Waals surface area contributed by atoms with Gasteiger partial charge in [0.05, 0.1) is 5.69 Å². The van der Waals surface area contributed by atoms with E-state index in [1.165, 1.54) is 0 Å². The highest BCUT2D eigenvalue weighted by Crippen LogP contribution is 2.03. The highest BCUT2D eigenvalue weighted by molar-refractivity contribution is 5.83. The SMILES string of the molecule is CCC[C@@H](NC(=O)CCn1nc(C)cc1C)C(=O)O. The number of nitrogens with zero attached hydrogens (tertiary/aromatic N) is 2. The summed E-state index contributed by atoms with van der Waals surface area (Å²) in [7, 11) is 0. The number of aliphatic carboxylic acids is 1. The first-order valence-corrected chi connectivity index (χ1v) is 6.47. The summed E-state index contributed by atoms with van der Waals surface area (Å²) in [5.41, 5.74) is 1.90. The summed E-state index contributed by atoms with van der Waals surface area (Å²) in [6.07, 6.45) is 1.39. The minimum absolute atomic E-state index is 0.232. The molecule has 0 aliphatic carbocycles. The Morgan fingerprint density at radius 1 is 1.47 bits per heavy atom. The topological polar surface area (TPSA) is 84.2 Å². The Balaban J connectivity index is 2.47. The second-order valence-electron chi connectivity index (χ2n) is 4.65. The number of aryl methyl sites for hydroxylation is 3. The Morgan fingerprint density at radius 3 is 2.63 bits per heavy atom. The van der Waals surface area contributed by atoms with Gasteiger partial charge < -0.3 is 10.4 Å². The molecule has 0 spiro atoms. The number of nitrogens with one attached hydrogen (secondary N) is 1. The summed E-state index contributed by atoms with van der Waals surface area (Å²) in [5, 5.41) is 15.7. The van der Waals surface area contributed by atoms with Crippen LogP contribution in [0.3, 0.4) is 0 Å². The van der Waals surface area contributed by atoms with Crippen molar-refractivity contribution in [2.45, 2.75) is 52.6 Å². The van der Waals surface area contributed by atoms with Gasteiger partial charge in [-0.25, -0.2) is 4.79 Å². The zero-order valence-electron chi connectivity index (χ0n) is 11.6. The van der Waals surface area contributed by atoms with E-state index in [1.54, 1.807) is 4.68 Å². The van der Waals surface area contributed by atoms with E-state index < -0.39 is 12.0 Å². The summed E-state index contributed by atoms with van der Waals surface area (Å²) < 4.78 is 1.75. The molecule has 6 heteroatoms. The highest BCUT2D eigenvalue weighted by Gasteiger charge is 2.18. The van der Waals surface area contributed by atoms with Crippen molar-refractivity contribution in [3.8, 4) is 0 Å². The number of hydrogen-bond donors (Lipinski definition) is 2. The third-order valence-electron chi connectivity index (χ3n) is 2.86. The van der Waals surface area contributed by atoms with Crippen molar-refractivity contribution in [1.82, 2.24) is 15.1 Å². The number of carbonyl (C=O) groups is 2. The number of carbonyl (C=O) groups excluding carboxylic acids is 1. The van der Waals surface area contributed by atoms with Gasteiger partial charge in [0, 0.05) is 18.7 Å². The number of carboxylic acid groups (broad SMARTS) is 1. The predicted molar refractivity (Wildman–Crippen MR) is 70.8 cm³/mol. The number of carboxylic acids is 1. The van der Waals surface area contributed by atoms with Gasteiger partial charge in [-0.3, -0.25) is 9.48 Å². The van der Waals surface area contributed by atoms with Gasteiger partial charge in [-0.15, -0.1) is 0 Å². The van der Waals surface area contributed by atoms with Crippen LogP contribution in [0.5, 0.6) is 0 Å². The summed E-state index contributed by atoms with van der Waals surface area (Å²) in [5.74, 6) is -1.24. The fourth-order valence-electron chi connectivity index (χ4n) is 1.92. The highest BCUT2D eigenvalue weighted by atomic mass is 16.4. The average Bonchev–Trinajstić information content (AvgIpc) is 2.64. The van der Waals surface area contributed by atoms with Gasteiger partial charge >= 0.3 is 5.97 Å². The third kappa shape index (κ3) is 4.73. The molecule has 6 nitrogen and oxygen atoms in total. The second kappa shape index (κ2) is 6.92.